The van der Waals surface area contributed by atoms with Crippen molar-refractivity contribution in [1.82, 2.24) is 0 Å². The Morgan fingerprint density at radius 2 is 0.539 bits per heavy atom. The Labute approximate surface area is 470 Å². The summed E-state index contributed by atoms with van der Waals surface area (Å²) in [6, 6.07) is 0. The number of esters is 3. The fraction of sp³-hybridized carbons (Fsp3) is 0.700. The van der Waals surface area contributed by atoms with Crippen LogP contribution in [0.3, 0.4) is 0 Å². The number of carbonyl (C=O) groups is 3. The van der Waals surface area contributed by atoms with E-state index in [1.165, 1.54) is 103 Å². The lowest BCUT2D eigenvalue weighted by molar-refractivity contribution is -0.167. The molecule has 0 aliphatic rings. The lowest BCUT2D eigenvalue weighted by Gasteiger charge is -2.18. The van der Waals surface area contributed by atoms with Crippen molar-refractivity contribution in [2.75, 3.05) is 13.2 Å². The van der Waals surface area contributed by atoms with Crippen LogP contribution in [0.15, 0.2) is 109 Å². The maximum Gasteiger partial charge on any atom is 0.306 e. The maximum atomic E-state index is 12.9. The summed E-state index contributed by atoms with van der Waals surface area (Å²) in [7, 11) is 0. The van der Waals surface area contributed by atoms with E-state index in [1.54, 1.807) is 0 Å². The molecule has 6 nitrogen and oxygen atoms in total. The molecule has 0 amide bonds. The first kappa shape index (κ1) is 72.1. The molecule has 0 saturated heterocycles. The molecule has 6 heteroatoms. The van der Waals surface area contributed by atoms with E-state index in [9.17, 15) is 14.4 Å². The molecule has 0 aliphatic heterocycles. The van der Waals surface area contributed by atoms with Crippen LogP contribution in [0.2, 0.25) is 0 Å². The monoisotopic (exact) mass is 1050 g/mol. The second-order valence-electron chi connectivity index (χ2n) is 20.9. The Bertz CT molecular complexity index is 1540. The van der Waals surface area contributed by atoms with Crippen LogP contribution in [0.25, 0.3) is 0 Å². The van der Waals surface area contributed by atoms with Gasteiger partial charge in [0.15, 0.2) is 6.10 Å². The van der Waals surface area contributed by atoms with Gasteiger partial charge in [-0.1, -0.05) is 284 Å². The summed E-state index contributed by atoms with van der Waals surface area (Å²) >= 11 is 0. The maximum absolute atomic E-state index is 12.9. The van der Waals surface area contributed by atoms with Gasteiger partial charge in [-0.25, -0.2) is 0 Å². The van der Waals surface area contributed by atoms with Crippen LogP contribution in [-0.4, -0.2) is 37.2 Å². The predicted octanol–water partition coefficient (Wildman–Crippen LogP) is 21.8. The molecular weight excluding hydrogens is 937 g/mol. The van der Waals surface area contributed by atoms with Gasteiger partial charge in [0, 0.05) is 19.3 Å². The first-order valence-electron chi connectivity index (χ1n) is 31.9. The summed E-state index contributed by atoms with van der Waals surface area (Å²) in [6.45, 7) is 6.46. The summed E-state index contributed by atoms with van der Waals surface area (Å²) in [5, 5.41) is 0. The summed E-state index contributed by atoms with van der Waals surface area (Å²) in [5.74, 6) is -0.914. The minimum atomic E-state index is -0.793. The van der Waals surface area contributed by atoms with E-state index in [-0.39, 0.29) is 31.1 Å². The van der Waals surface area contributed by atoms with Crippen molar-refractivity contribution in [3.05, 3.63) is 109 Å². The molecule has 1 unspecified atom stereocenters. The molecule has 434 valence electrons. The van der Waals surface area contributed by atoms with Crippen molar-refractivity contribution >= 4 is 17.9 Å². The van der Waals surface area contributed by atoms with Crippen molar-refractivity contribution in [2.24, 2.45) is 0 Å². The molecule has 76 heavy (non-hydrogen) atoms. The van der Waals surface area contributed by atoms with Gasteiger partial charge in [0.1, 0.15) is 13.2 Å². The normalized spacial score (nSPS) is 12.8. The van der Waals surface area contributed by atoms with Gasteiger partial charge in [-0.15, -0.1) is 0 Å². The first-order valence-corrected chi connectivity index (χ1v) is 31.9. The van der Waals surface area contributed by atoms with Crippen LogP contribution in [-0.2, 0) is 28.6 Å². The minimum Gasteiger partial charge on any atom is -0.462 e. The molecular formula is C70H118O6. The van der Waals surface area contributed by atoms with Crippen LogP contribution in [0.1, 0.15) is 297 Å². The van der Waals surface area contributed by atoms with Crippen LogP contribution in [0.4, 0.5) is 0 Å². The Morgan fingerprint density at radius 3 is 0.855 bits per heavy atom. The second kappa shape index (κ2) is 63.6. The SMILES string of the molecule is CC/C=C\C/C=C\C/C=C\C/C=C\C/C=C\C/C=C\C/C=C\CCCCCCCC(=O)OCC(COC(=O)CCCCCCC/C=C\C/C=C\CCC)OC(=O)CCCCCCCCCCCCCCCCCCCC. The topological polar surface area (TPSA) is 78.9 Å². The Balaban J connectivity index is 4.37. The molecule has 0 rings (SSSR count). The van der Waals surface area contributed by atoms with Gasteiger partial charge in [0.25, 0.3) is 0 Å². The number of hydrogen-bond acceptors (Lipinski definition) is 6. The standard InChI is InChI=1S/C70H118O6/c1-4-7-10-13-16-19-22-25-27-29-31-32-33-34-35-36-37-38-39-41-42-45-48-51-54-57-60-63-69(72)75-66-67(65-74-68(71)62-59-56-53-50-47-44-24-21-18-15-12-9-6-3)76-70(73)64-61-58-55-52-49-46-43-40-30-28-26-23-20-17-14-11-8-5-2/h7,10,12,15-16,19,21,24-25,27,31-32,34-35,37-38,41-42,67H,4-6,8-9,11,13-14,17-18,20,22-23,26,28-30,33,36,39-40,43-66H2,1-3H3/b10-7-,15-12-,19-16-,24-21-,27-25-,32-31-,35-34-,38-37-,42-41-. The van der Waals surface area contributed by atoms with Crippen molar-refractivity contribution in [3.63, 3.8) is 0 Å². The third-order valence-corrected chi connectivity index (χ3v) is 13.5. The summed E-state index contributed by atoms with van der Waals surface area (Å²) < 4.78 is 16.9. The van der Waals surface area contributed by atoms with E-state index in [1.807, 2.05) is 0 Å². The van der Waals surface area contributed by atoms with Crippen molar-refractivity contribution in [2.45, 2.75) is 303 Å². The number of carbonyl (C=O) groups excluding carboxylic acids is 3. The molecule has 0 saturated carbocycles. The highest BCUT2D eigenvalue weighted by atomic mass is 16.6. The molecule has 0 aromatic heterocycles. The Kier molecular flexibility index (Phi) is 60.3. The molecule has 0 radical (unpaired) electrons. The van der Waals surface area contributed by atoms with E-state index in [0.717, 1.165) is 154 Å². The Morgan fingerprint density at radius 1 is 0.276 bits per heavy atom. The number of rotatable bonds is 57. The van der Waals surface area contributed by atoms with Gasteiger partial charge in [-0.05, 0) is 103 Å². The summed E-state index contributed by atoms with van der Waals surface area (Å²) in [6.07, 6.45) is 86.6. The van der Waals surface area contributed by atoms with Crippen LogP contribution in [0.5, 0.6) is 0 Å². The average Bonchev–Trinajstić information content (AvgIpc) is 3.42. The van der Waals surface area contributed by atoms with E-state index in [2.05, 4.69) is 130 Å². The lowest BCUT2D eigenvalue weighted by atomic mass is 10.0. The van der Waals surface area contributed by atoms with Crippen LogP contribution in [0, 0.1) is 0 Å². The van der Waals surface area contributed by atoms with Gasteiger partial charge in [-0.3, -0.25) is 14.4 Å². The van der Waals surface area contributed by atoms with Crippen LogP contribution < -0.4 is 0 Å². The molecule has 0 fully saturated rings. The first-order chi connectivity index (χ1) is 37.5. The summed E-state index contributed by atoms with van der Waals surface area (Å²) in [4.78, 5) is 38.3. The number of allylic oxidation sites excluding steroid dienone is 18. The van der Waals surface area contributed by atoms with Crippen LogP contribution >= 0.6 is 0 Å². The molecule has 0 N–H and O–H groups in total. The van der Waals surface area contributed by atoms with E-state index >= 15 is 0 Å². The minimum absolute atomic E-state index is 0.0905. The highest BCUT2D eigenvalue weighted by molar-refractivity contribution is 5.71. The van der Waals surface area contributed by atoms with Crippen molar-refractivity contribution in [3.8, 4) is 0 Å². The van der Waals surface area contributed by atoms with Crippen molar-refractivity contribution < 1.29 is 28.6 Å². The Hall–Kier alpha value is -3.93. The molecule has 0 aromatic rings. The molecule has 0 bridgehead atoms. The third-order valence-electron chi connectivity index (χ3n) is 13.5. The van der Waals surface area contributed by atoms with Crippen molar-refractivity contribution in [1.29, 1.82) is 0 Å². The zero-order valence-corrected chi connectivity index (χ0v) is 49.7. The molecule has 0 spiro atoms. The van der Waals surface area contributed by atoms with Gasteiger partial charge < -0.3 is 14.2 Å². The second-order valence-corrected chi connectivity index (χ2v) is 20.9. The molecule has 0 aromatic carbocycles. The molecule has 0 aliphatic carbocycles. The smallest absolute Gasteiger partial charge is 0.306 e. The van der Waals surface area contributed by atoms with E-state index in [4.69, 9.17) is 14.2 Å². The van der Waals surface area contributed by atoms with E-state index < -0.39 is 6.10 Å². The predicted molar refractivity (Wildman–Crippen MR) is 330 cm³/mol. The number of ether oxygens (including phenoxy) is 3. The fourth-order valence-corrected chi connectivity index (χ4v) is 8.76. The zero-order valence-electron chi connectivity index (χ0n) is 49.7. The average molecular weight is 1060 g/mol. The van der Waals surface area contributed by atoms with Gasteiger partial charge in [0.05, 0.1) is 0 Å². The zero-order chi connectivity index (χ0) is 55.0. The highest BCUT2D eigenvalue weighted by Crippen LogP contribution is 2.16. The van der Waals surface area contributed by atoms with Gasteiger partial charge in [0.2, 0.25) is 0 Å². The number of unbranched alkanes of at least 4 members (excludes halogenated alkanes) is 28. The molecule has 0 heterocycles. The van der Waals surface area contributed by atoms with Gasteiger partial charge in [-0.2, -0.15) is 0 Å². The lowest BCUT2D eigenvalue weighted by Crippen LogP contribution is -2.30. The largest absolute Gasteiger partial charge is 0.462 e. The highest BCUT2D eigenvalue weighted by Gasteiger charge is 2.19. The van der Waals surface area contributed by atoms with E-state index in [0.29, 0.717) is 19.3 Å². The third kappa shape index (κ3) is 60.9. The molecule has 1 atom stereocenters. The fourth-order valence-electron chi connectivity index (χ4n) is 8.76. The van der Waals surface area contributed by atoms with Gasteiger partial charge >= 0.3 is 17.9 Å². The summed E-state index contributed by atoms with van der Waals surface area (Å²) in [5.41, 5.74) is 0. The quantitative estimate of drug-likeness (QED) is 0.0261. The number of hydrogen-bond donors (Lipinski definition) is 0.